The molecule has 1 aromatic heterocycles. The molecule has 1 saturated heterocycles. The van der Waals surface area contributed by atoms with E-state index < -0.39 is 0 Å². The number of pyridine rings is 1. The fourth-order valence-corrected chi connectivity index (χ4v) is 2.88. The normalized spacial score (nSPS) is 19.6. The van der Waals surface area contributed by atoms with E-state index in [1.165, 1.54) is 5.56 Å². The van der Waals surface area contributed by atoms with Gasteiger partial charge in [0.15, 0.2) is 0 Å². The van der Waals surface area contributed by atoms with Gasteiger partial charge in [0.1, 0.15) is 5.78 Å². The molecule has 2 heterocycles. The largest absolute Gasteiger partial charge is 0.299 e. The minimum atomic E-state index is 0.263. The maximum atomic E-state index is 12.2. The number of hydrogen-bond donors (Lipinski definition) is 0. The van der Waals surface area contributed by atoms with Crippen molar-refractivity contribution in [2.45, 2.75) is 46.1 Å². The maximum Gasteiger partial charge on any atom is 0.137 e. The van der Waals surface area contributed by atoms with E-state index in [4.69, 9.17) is 0 Å². The third-order valence-electron chi connectivity index (χ3n) is 4.06. The summed E-state index contributed by atoms with van der Waals surface area (Å²) in [6.07, 6.45) is 7.73. The average molecular weight is 274 g/mol. The first kappa shape index (κ1) is 15.2. The smallest absolute Gasteiger partial charge is 0.137 e. The zero-order chi connectivity index (χ0) is 14.4. The number of Topliss-reactive ketones (excluding diaryl/α,β-unsaturated/α-hetero) is 1. The minimum Gasteiger partial charge on any atom is -0.299 e. The number of rotatable bonds is 7. The molecule has 0 spiro atoms. The van der Waals surface area contributed by atoms with Gasteiger partial charge in [-0.15, -0.1) is 0 Å². The molecule has 3 heteroatoms. The first-order valence-corrected chi connectivity index (χ1v) is 7.79. The van der Waals surface area contributed by atoms with Gasteiger partial charge >= 0.3 is 0 Å². The predicted octanol–water partition coefficient (Wildman–Crippen LogP) is 3.30. The van der Waals surface area contributed by atoms with Crippen molar-refractivity contribution in [2.75, 3.05) is 13.1 Å². The van der Waals surface area contributed by atoms with Crippen molar-refractivity contribution in [3.63, 3.8) is 0 Å². The predicted molar refractivity (Wildman–Crippen MR) is 81.3 cm³/mol. The molecule has 0 bridgehead atoms. The van der Waals surface area contributed by atoms with E-state index in [1.54, 1.807) is 6.20 Å². The van der Waals surface area contributed by atoms with Crippen LogP contribution in [0.25, 0.3) is 0 Å². The number of carbonyl (C=O) groups is 1. The van der Waals surface area contributed by atoms with Crippen LogP contribution in [0, 0.1) is 11.8 Å². The maximum absolute atomic E-state index is 12.2. The van der Waals surface area contributed by atoms with Gasteiger partial charge in [-0.1, -0.05) is 26.3 Å². The summed E-state index contributed by atoms with van der Waals surface area (Å²) >= 11 is 0. The summed E-state index contributed by atoms with van der Waals surface area (Å²) in [6.45, 7) is 7.32. The van der Waals surface area contributed by atoms with Gasteiger partial charge < -0.3 is 0 Å². The Kier molecular flexibility index (Phi) is 5.72. The number of ketones is 1. The Labute approximate surface area is 122 Å². The Hall–Kier alpha value is -1.22. The van der Waals surface area contributed by atoms with Crippen LogP contribution in [-0.4, -0.2) is 28.8 Å². The van der Waals surface area contributed by atoms with Crippen molar-refractivity contribution in [3.8, 4) is 0 Å². The van der Waals surface area contributed by atoms with E-state index in [2.05, 4.69) is 29.8 Å². The lowest BCUT2D eigenvalue weighted by molar-refractivity contribution is -0.122. The number of carbonyl (C=O) groups excluding carboxylic acids is 1. The van der Waals surface area contributed by atoms with Crippen LogP contribution in [0.3, 0.4) is 0 Å². The summed E-state index contributed by atoms with van der Waals surface area (Å²) in [6, 6.07) is 4.07. The molecule has 1 aliphatic rings. The van der Waals surface area contributed by atoms with Crippen molar-refractivity contribution in [1.29, 1.82) is 0 Å². The Balaban J connectivity index is 1.73. The summed E-state index contributed by atoms with van der Waals surface area (Å²) in [4.78, 5) is 18.7. The van der Waals surface area contributed by atoms with Crippen molar-refractivity contribution in [3.05, 3.63) is 30.1 Å². The van der Waals surface area contributed by atoms with E-state index in [0.29, 0.717) is 11.7 Å². The fourth-order valence-electron chi connectivity index (χ4n) is 2.88. The number of likely N-dealkylation sites (tertiary alicyclic amines) is 1. The molecule has 1 fully saturated rings. The highest BCUT2D eigenvalue weighted by atomic mass is 16.1. The topological polar surface area (TPSA) is 33.2 Å². The van der Waals surface area contributed by atoms with Gasteiger partial charge in [-0.3, -0.25) is 14.7 Å². The van der Waals surface area contributed by atoms with Crippen molar-refractivity contribution < 1.29 is 4.79 Å². The van der Waals surface area contributed by atoms with Crippen LogP contribution in [0.15, 0.2) is 24.5 Å². The molecule has 1 aliphatic heterocycles. The summed E-state index contributed by atoms with van der Waals surface area (Å²) < 4.78 is 0. The second kappa shape index (κ2) is 7.53. The molecule has 1 unspecified atom stereocenters. The molecule has 1 atom stereocenters. The van der Waals surface area contributed by atoms with Crippen LogP contribution in [0.4, 0.5) is 0 Å². The Morgan fingerprint density at radius 1 is 1.50 bits per heavy atom. The highest BCUT2D eigenvalue weighted by Crippen LogP contribution is 2.21. The van der Waals surface area contributed by atoms with Gasteiger partial charge in [-0.25, -0.2) is 0 Å². The molecular formula is C17H26N2O. The van der Waals surface area contributed by atoms with Crippen molar-refractivity contribution in [2.24, 2.45) is 11.8 Å². The van der Waals surface area contributed by atoms with E-state index in [1.807, 2.05) is 12.3 Å². The zero-order valence-electron chi connectivity index (χ0n) is 12.7. The first-order chi connectivity index (χ1) is 9.65. The Morgan fingerprint density at radius 3 is 3.05 bits per heavy atom. The lowest BCUT2D eigenvalue weighted by Crippen LogP contribution is -2.23. The fraction of sp³-hybridized carbons (Fsp3) is 0.647. The molecule has 3 nitrogen and oxygen atoms in total. The van der Waals surface area contributed by atoms with Crippen LogP contribution in [0.2, 0.25) is 0 Å². The SMILES string of the molecule is CC(C)CCCC(=O)C1CCN(Cc2cccnc2)C1. The molecule has 0 aliphatic carbocycles. The van der Waals surface area contributed by atoms with Crippen LogP contribution in [0.1, 0.15) is 45.1 Å². The average Bonchev–Trinajstić information content (AvgIpc) is 2.88. The summed E-state index contributed by atoms with van der Waals surface area (Å²) in [5.41, 5.74) is 1.24. The summed E-state index contributed by atoms with van der Waals surface area (Å²) in [5.74, 6) is 1.44. The molecule has 2 rings (SSSR count). The Bertz CT molecular complexity index is 416. The van der Waals surface area contributed by atoms with E-state index in [-0.39, 0.29) is 5.92 Å². The molecule has 20 heavy (non-hydrogen) atoms. The standard InChI is InChI=1S/C17H26N2O/c1-14(2)5-3-7-17(20)16-8-10-19(13-16)12-15-6-4-9-18-11-15/h4,6,9,11,14,16H,3,5,7-8,10,12-13H2,1-2H3. The van der Waals surface area contributed by atoms with Gasteiger partial charge in [-0.2, -0.15) is 0 Å². The first-order valence-electron chi connectivity index (χ1n) is 7.79. The second-order valence-corrected chi connectivity index (χ2v) is 6.33. The van der Waals surface area contributed by atoms with Gasteiger partial charge in [0.25, 0.3) is 0 Å². The third kappa shape index (κ3) is 4.71. The molecule has 110 valence electrons. The lowest BCUT2D eigenvalue weighted by atomic mass is 9.97. The molecule has 0 radical (unpaired) electrons. The quantitative estimate of drug-likeness (QED) is 0.765. The highest BCUT2D eigenvalue weighted by molar-refractivity contribution is 5.81. The number of hydrogen-bond acceptors (Lipinski definition) is 3. The van der Waals surface area contributed by atoms with Crippen LogP contribution in [-0.2, 0) is 11.3 Å². The molecular weight excluding hydrogens is 248 g/mol. The van der Waals surface area contributed by atoms with Crippen LogP contribution >= 0.6 is 0 Å². The molecule has 0 saturated carbocycles. The second-order valence-electron chi connectivity index (χ2n) is 6.33. The highest BCUT2D eigenvalue weighted by Gasteiger charge is 2.27. The van der Waals surface area contributed by atoms with Crippen molar-refractivity contribution >= 4 is 5.78 Å². The van der Waals surface area contributed by atoms with Gasteiger partial charge in [-0.05, 0) is 36.9 Å². The lowest BCUT2D eigenvalue weighted by Gasteiger charge is -2.15. The van der Waals surface area contributed by atoms with Gasteiger partial charge in [0.05, 0.1) is 0 Å². The van der Waals surface area contributed by atoms with Crippen molar-refractivity contribution in [1.82, 2.24) is 9.88 Å². The summed E-state index contributed by atoms with van der Waals surface area (Å²) in [7, 11) is 0. The van der Waals surface area contributed by atoms with Crippen LogP contribution in [0.5, 0.6) is 0 Å². The zero-order valence-corrected chi connectivity index (χ0v) is 12.7. The number of nitrogens with zero attached hydrogens (tertiary/aromatic N) is 2. The molecule has 1 aromatic rings. The molecule has 0 N–H and O–H groups in total. The van der Waals surface area contributed by atoms with E-state index >= 15 is 0 Å². The monoisotopic (exact) mass is 274 g/mol. The Morgan fingerprint density at radius 2 is 2.35 bits per heavy atom. The molecule has 0 amide bonds. The third-order valence-corrected chi connectivity index (χ3v) is 4.06. The van der Waals surface area contributed by atoms with Gasteiger partial charge in [0.2, 0.25) is 0 Å². The van der Waals surface area contributed by atoms with E-state index in [0.717, 1.165) is 45.3 Å². The summed E-state index contributed by atoms with van der Waals surface area (Å²) in [5, 5.41) is 0. The number of aromatic nitrogens is 1. The molecule has 0 aromatic carbocycles. The van der Waals surface area contributed by atoms with Gasteiger partial charge in [0, 0.05) is 37.8 Å². The van der Waals surface area contributed by atoms with E-state index in [9.17, 15) is 4.79 Å². The van der Waals surface area contributed by atoms with Crippen LogP contribution < -0.4 is 0 Å². The minimum absolute atomic E-state index is 0.263.